The van der Waals surface area contributed by atoms with Crippen molar-refractivity contribution in [3.8, 4) is 0 Å². The summed E-state index contributed by atoms with van der Waals surface area (Å²) in [4.78, 5) is 16.3. The molecule has 0 unspecified atom stereocenters. The van der Waals surface area contributed by atoms with Crippen molar-refractivity contribution >= 4 is 46.1 Å². The smallest absolute Gasteiger partial charge is 0.265 e. The van der Waals surface area contributed by atoms with E-state index < -0.39 is 0 Å². The van der Waals surface area contributed by atoms with Crippen molar-refractivity contribution < 1.29 is 4.79 Å². The summed E-state index contributed by atoms with van der Waals surface area (Å²) in [6.07, 6.45) is 1.81. The number of benzene rings is 2. The van der Waals surface area contributed by atoms with Crippen molar-refractivity contribution in [1.29, 1.82) is 0 Å². The zero-order valence-electron chi connectivity index (χ0n) is 12.2. The highest BCUT2D eigenvalue weighted by molar-refractivity contribution is 6.41. The maximum absolute atomic E-state index is 12.9. The monoisotopic (exact) mass is 332 g/mol. The van der Waals surface area contributed by atoms with Gasteiger partial charge in [0.05, 0.1) is 22.0 Å². The Morgan fingerprint density at radius 1 is 1.09 bits per heavy atom. The lowest BCUT2D eigenvalue weighted by Gasteiger charge is -2.18. The second kappa shape index (κ2) is 5.67. The Morgan fingerprint density at radius 3 is 2.50 bits per heavy atom. The molecular formula is C17H14Cl2N2O. The van der Waals surface area contributed by atoms with Gasteiger partial charge in [0.25, 0.3) is 5.91 Å². The standard InChI is InChI=1S/C17H14Cl2N2O/c1-20(2)10-14-13-7-4-8-15(19)16(13)21(17(14)22)12-6-3-5-11(18)9-12/h3-10H,1-2H3. The number of hydrogen-bond donors (Lipinski definition) is 0. The molecule has 22 heavy (non-hydrogen) atoms. The van der Waals surface area contributed by atoms with E-state index in [1.807, 2.05) is 49.5 Å². The molecule has 0 atom stereocenters. The highest BCUT2D eigenvalue weighted by Gasteiger charge is 2.35. The third kappa shape index (κ3) is 2.47. The van der Waals surface area contributed by atoms with Gasteiger partial charge >= 0.3 is 0 Å². The van der Waals surface area contributed by atoms with Gasteiger partial charge in [-0.3, -0.25) is 9.69 Å². The van der Waals surface area contributed by atoms with E-state index in [2.05, 4.69) is 0 Å². The summed E-state index contributed by atoms with van der Waals surface area (Å²) in [6, 6.07) is 12.7. The van der Waals surface area contributed by atoms with Crippen LogP contribution in [0.25, 0.3) is 5.57 Å². The van der Waals surface area contributed by atoms with Crippen LogP contribution in [-0.4, -0.2) is 24.9 Å². The van der Waals surface area contributed by atoms with Crippen LogP contribution in [0.4, 0.5) is 11.4 Å². The minimum absolute atomic E-state index is 0.112. The van der Waals surface area contributed by atoms with Crippen LogP contribution >= 0.6 is 23.2 Å². The predicted octanol–water partition coefficient (Wildman–Crippen LogP) is 4.57. The number of fused-ring (bicyclic) bond motifs is 1. The first-order chi connectivity index (χ1) is 10.5. The molecule has 0 aliphatic carbocycles. The van der Waals surface area contributed by atoms with E-state index in [9.17, 15) is 4.79 Å². The van der Waals surface area contributed by atoms with Crippen LogP contribution in [0.15, 0.2) is 48.7 Å². The molecule has 0 N–H and O–H groups in total. The van der Waals surface area contributed by atoms with Crippen molar-refractivity contribution in [1.82, 2.24) is 4.90 Å². The number of hydrogen-bond acceptors (Lipinski definition) is 2. The Kier molecular flexibility index (Phi) is 3.85. The molecule has 0 aromatic heterocycles. The maximum atomic E-state index is 12.9. The predicted molar refractivity (Wildman–Crippen MR) is 91.7 cm³/mol. The molecule has 0 saturated heterocycles. The first-order valence-electron chi connectivity index (χ1n) is 6.76. The Bertz CT molecular complexity index is 784. The lowest BCUT2D eigenvalue weighted by atomic mass is 10.1. The molecular weight excluding hydrogens is 319 g/mol. The Balaban J connectivity index is 2.24. The highest BCUT2D eigenvalue weighted by atomic mass is 35.5. The second-order valence-corrected chi connectivity index (χ2v) is 6.11. The van der Waals surface area contributed by atoms with Crippen molar-refractivity contribution in [3.63, 3.8) is 0 Å². The molecule has 0 bridgehead atoms. The number of rotatable bonds is 2. The zero-order chi connectivity index (χ0) is 15.9. The summed E-state index contributed by atoms with van der Waals surface area (Å²) < 4.78 is 0. The lowest BCUT2D eigenvalue weighted by Crippen LogP contribution is -2.21. The van der Waals surface area contributed by atoms with Gasteiger partial charge in [-0.15, -0.1) is 0 Å². The summed E-state index contributed by atoms with van der Waals surface area (Å²) in [5, 5.41) is 1.11. The number of carbonyl (C=O) groups excluding carboxylic acids is 1. The van der Waals surface area contributed by atoms with Crippen molar-refractivity contribution in [2.24, 2.45) is 0 Å². The summed E-state index contributed by atoms with van der Waals surface area (Å²) in [6.45, 7) is 0. The Labute approximate surface area is 139 Å². The minimum Gasteiger partial charge on any atom is -0.383 e. The number of para-hydroxylation sites is 1. The van der Waals surface area contributed by atoms with Gasteiger partial charge in [0.2, 0.25) is 0 Å². The third-order valence-corrected chi connectivity index (χ3v) is 3.93. The van der Waals surface area contributed by atoms with Crippen LogP contribution in [0.5, 0.6) is 0 Å². The third-order valence-electron chi connectivity index (χ3n) is 3.39. The van der Waals surface area contributed by atoms with Crippen LogP contribution < -0.4 is 4.90 Å². The van der Waals surface area contributed by atoms with Gasteiger partial charge in [-0.05, 0) is 24.3 Å². The molecule has 2 aromatic carbocycles. The van der Waals surface area contributed by atoms with E-state index in [4.69, 9.17) is 23.2 Å². The van der Waals surface area contributed by atoms with E-state index in [0.717, 1.165) is 5.56 Å². The number of anilines is 2. The van der Waals surface area contributed by atoms with Crippen LogP contribution in [0.3, 0.4) is 0 Å². The van der Waals surface area contributed by atoms with E-state index in [-0.39, 0.29) is 5.91 Å². The Hall–Kier alpha value is -1.97. The SMILES string of the molecule is CN(C)C=C1C(=O)N(c2cccc(Cl)c2)c2c(Cl)cccc21. The van der Waals surface area contributed by atoms with Crippen LogP contribution in [0.1, 0.15) is 5.56 Å². The molecule has 0 spiro atoms. The first-order valence-corrected chi connectivity index (χ1v) is 7.52. The molecule has 0 fully saturated rings. The molecule has 1 aliphatic heterocycles. The molecule has 1 aliphatic rings. The van der Waals surface area contributed by atoms with Crippen LogP contribution in [-0.2, 0) is 4.79 Å². The summed E-state index contributed by atoms with van der Waals surface area (Å²) in [7, 11) is 3.76. The molecule has 0 saturated carbocycles. The topological polar surface area (TPSA) is 23.6 Å². The van der Waals surface area contributed by atoms with Gasteiger partial charge in [0.1, 0.15) is 0 Å². The largest absolute Gasteiger partial charge is 0.383 e. The number of amides is 1. The molecule has 1 amide bonds. The average Bonchev–Trinajstić information content (AvgIpc) is 2.73. The van der Waals surface area contributed by atoms with Crippen molar-refractivity contribution in [2.45, 2.75) is 0 Å². The minimum atomic E-state index is -0.112. The molecule has 3 nitrogen and oxygen atoms in total. The van der Waals surface area contributed by atoms with Crippen molar-refractivity contribution in [3.05, 3.63) is 64.3 Å². The fraction of sp³-hybridized carbons (Fsp3) is 0.118. The van der Waals surface area contributed by atoms with E-state index in [1.165, 1.54) is 0 Å². The molecule has 112 valence electrons. The number of carbonyl (C=O) groups is 1. The van der Waals surface area contributed by atoms with Gasteiger partial charge in [-0.1, -0.05) is 41.4 Å². The second-order valence-electron chi connectivity index (χ2n) is 5.26. The summed E-state index contributed by atoms with van der Waals surface area (Å²) >= 11 is 12.4. The molecule has 3 rings (SSSR count). The van der Waals surface area contributed by atoms with Gasteiger partial charge in [0.15, 0.2) is 0 Å². The van der Waals surface area contributed by atoms with E-state index in [1.54, 1.807) is 23.1 Å². The normalized spacial score (nSPS) is 15.4. The molecule has 0 radical (unpaired) electrons. The molecule has 1 heterocycles. The zero-order valence-corrected chi connectivity index (χ0v) is 13.7. The lowest BCUT2D eigenvalue weighted by molar-refractivity contribution is -0.112. The van der Waals surface area contributed by atoms with Gasteiger partial charge in [0, 0.05) is 30.9 Å². The first kappa shape index (κ1) is 14.9. The fourth-order valence-electron chi connectivity index (χ4n) is 2.54. The van der Waals surface area contributed by atoms with Crippen LogP contribution in [0.2, 0.25) is 10.0 Å². The van der Waals surface area contributed by atoms with Crippen LogP contribution in [0, 0.1) is 0 Å². The Morgan fingerprint density at radius 2 is 1.82 bits per heavy atom. The van der Waals surface area contributed by atoms with Crippen molar-refractivity contribution in [2.75, 3.05) is 19.0 Å². The number of nitrogens with zero attached hydrogens (tertiary/aromatic N) is 2. The van der Waals surface area contributed by atoms with E-state index >= 15 is 0 Å². The van der Waals surface area contributed by atoms with E-state index in [0.29, 0.717) is 27.0 Å². The maximum Gasteiger partial charge on any atom is 0.265 e. The fourth-order valence-corrected chi connectivity index (χ4v) is 2.99. The van der Waals surface area contributed by atoms with Gasteiger partial charge < -0.3 is 4.90 Å². The van der Waals surface area contributed by atoms with Gasteiger partial charge in [-0.2, -0.15) is 0 Å². The van der Waals surface area contributed by atoms with Gasteiger partial charge in [-0.25, -0.2) is 0 Å². The summed E-state index contributed by atoms with van der Waals surface area (Å²) in [5.41, 5.74) is 2.84. The quantitative estimate of drug-likeness (QED) is 0.752. The molecule has 2 aromatic rings. The number of halogens is 2. The highest BCUT2D eigenvalue weighted by Crippen LogP contribution is 2.45. The molecule has 5 heteroatoms. The summed E-state index contributed by atoms with van der Waals surface area (Å²) in [5.74, 6) is -0.112. The average molecular weight is 333 g/mol.